The van der Waals surface area contributed by atoms with Crippen LogP contribution in [0.4, 0.5) is 0 Å². The molecule has 0 aliphatic carbocycles. The fourth-order valence-electron chi connectivity index (χ4n) is 1.75. The van der Waals surface area contributed by atoms with Crippen LogP contribution in [0.1, 0.15) is 6.92 Å². The fraction of sp³-hybridized carbons (Fsp3) is 0.800. The van der Waals surface area contributed by atoms with Gasteiger partial charge in [-0.05, 0) is 6.92 Å². The lowest BCUT2D eigenvalue weighted by atomic mass is 10.1. The number of carbonyl (C=O) groups is 2. The van der Waals surface area contributed by atoms with Crippen LogP contribution in [-0.2, 0) is 19.8 Å². The van der Waals surface area contributed by atoms with E-state index in [0.717, 1.165) is 4.31 Å². The summed E-state index contributed by atoms with van der Waals surface area (Å²) in [6.45, 7) is 2.11. The minimum Gasteiger partial charge on any atom is -0.481 e. The second-order valence-corrected chi connectivity index (χ2v) is 6.72. The van der Waals surface area contributed by atoms with E-state index < -0.39 is 28.0 Å². The summed E-state index contributed by atoms with van der Waals surface area (Å²) in [5.74, 6) is -2.75. The van der Waals surface area contributed by atoms with E-state index in [4.69, 9.17) is 5.11 Å². The SMILES string of the molecule is CC(C(=O)O)C(=O)N1CCN(S(=O)(=O)N(C)C)CC1. The molecule has 1 saturated heterocycles. The Morgan fingerprint density at radius 3 is 2.00 bits per heavy atom. The average molecular weight is 293 g/mol. The minimum absolute atomic E-state index is 0.179. The van der Waals surface area contributed by atoms with Gasteiger partial charge >= 0.3 is 5.97 Å². The van der Waals surface area contributed by atoms with E-state index in [1.165, 1.54) is 30.2 Å². The van der Waals surface area contributed by atoms with Crippen LogP contribution in [0.25, 0.3) is 0 Å². The molecule has 19 heavy (non-hydrogen) atoms. The van der Waals surface area contributed by atoms with Crippen LogP contribution in [0.2, 0.25) is 0 Å². The molecular weight excluding hydrogens is 274 g/mol. The van der Waals surface area contributed by atoms with Crippen molar-refractivity contribution in [3.8, 4) is 0 Å². The van der Waals surface area contributed by atoms with E-state index in [2.05, 4.69) is 0 Å². The molecule has 0 radical (unpaired) electrons. The van der Waals surface area contributed by atoms with Crippen molar-refractivity contribution >= 4 is 22.1 Å². The van der Waals surface area contributed by atoms with Crippen LogP contribution < -0.4 is 0 Å². The number of hydrogen-bond donors (Lipinski definition) is 1. The molecule has 1 aliphatic heterocycles. The van der Waals surface area contributed by atoms with Crippen molar-refractivity contribution in [2.75, 3.05) is 40.3 Å². The summed E-state index contributed by atoms with van der Waals surface area (Å²) in [5, 5.41) is 8.78. The molecule has 1 aliphatic rings. The van der Waals surface area contributed by atoms with Crippen molar-refractivity contribution in [3.05, 3.63) is 0 Å². The van der Waals surface area contributed by atoms with Gasteiger partial charge in [0.15, 0.2) is 0 Å². The summed E-state index contributed by atoms with van der Waals surface area (Å²) < 4.78 is 26.1. The quantitative estimate of drug-likeness (QED) is 0.647. The molecule has 1 fully saturated rings. The number of aliphatic carboxylic acids is 1. The van der Waals surface area contributed by atoms with Crippen LogP contribution in [-0.4, -0.2) is 79.2 Å². The van der Waals surface area contributed by atoms with Crippen molar-refractivity contribution in [1.82, 2.24) is 13.5 Å². The number of amides is 1. The molecule has 0 aromatic heterocycles. The first-order valence-electron chi connectivity index (χ1n) is 5.87. The molecule has 110 valence electrons. The van der Waals surface area contributed by atoms with Gasteiger partial charge < -0.3 is 10.0 Å². The first-order valence-corrected chi connectivity index (χ1v) is 7.26. The molecule has 8 nitrogen and oxygen atoms in total. The topological polar surface area (TPSA) is 98.2 Å². The molecule has 1 unspecified atom stereocenters. The highest BCUT2D eigenvalue weighted by Gasteiger charge is 2.33. The number of nitrogens with zero attached hydrogens (tertiary/aromatic N) is 3. The first-order chi connectivity index (χ1) is 8.67. The Kier molecular flexibility index (Phi) is 4.88. The molecular formula is C10H19N3O5S. The molecule has 0 spiro atoms. The van der Waals surface area contributed by atoms with Gasteiger partial charge in [-0.15, -0.1) is 0 Å². The Balaban J connectivity index is 2.64. The van der Waals surface area contributed by atoms with Crippen LogP contribution in [0.3, 0.4) is 0 Å². The molecule has 0 bridgehead atoms. The summed E-state index contributed by atoms with van der Waals surface area (Å²) in [6, 6.07) is 0. The van der Waals surface area contributed by atoms with Crippen LogP contribution in [0.5, 0.6) is 0 Å². The van der Waals surface area contributed by atoms with Crippen LogP contribution >= 0.6 is 0 Å². The van der Waals surface area contributed by atoms with Crippen molar-refractivity contribution in [1.29, 1.82) is 0 Å². The zero-order chi connectivity index (χ0) is 14.8. The third-order valence-corrected chi connectivity index (χ3v) is 5.02. The zero-order valence-corrected chi connectivity index (χ0v) is 12.1. The predicted octanol–water partition coefficient (Wildman–Crippen LogP) is -1.34. The largest absolute Gasteiger partial charge is 0.481 e. The third-order valence-electron chi connectivity index (χ3n) is 3.08. The Hall–Kier alpha value is -1.19. The molecule has 0 aromatic carbocycles. The van der Waals surface area contributed by atoms with Crippen LogP contribution in [0, 0.1) is 5.92 Å². The summed E-state index contributed by atoms with van der Waals surface area (Å²) >= 11 is 0. The van der Waals surface area contributed by atoms with Gasteiger partial charge in [-0.1, -0.05) is 0 Å². The highest BCUT2D eigenvalue weighted by molar-refractivity contribution is 7.86. The van der Waals surface area contributed by atoms with Gasteiger partial charge in [0.25, 0.3) is 10.2 Å². The smallest absolute Gasteiger partial charge is 0.315 e. The summed E-state index contributed by atoms with van der Waals surface area (Å²) in [4.78, 5) is 23.9. The van der Waals surface area contributed by atoms with Gasteiger partial charge in [-0.25, -0.2) is 0 Å². The predicted molar refractivity (Wildman–Crippen MR) is 67.6 cm³/mol. The minimum atomic E-state index is -3.47. The van der Waals surface area contributed by atoms with E-state index in [9.17, 15) is 18.0 Å². The van der Waals surface area contributed by atoms with E-state index >= 15 is 0 Å². The van der Waals surface area contributed by atoms with Gasteiger partial charge in [0.05, 0.1) is 0 Å². The second-order valence-electron chi connectivity index (χ2n) is 4.57. The number of rotatable bonds is 4. The monoisotopic (exact) mass is 293 g/mol. The van der Waals surface area contributed by atoms with Crippen molar-refractivity contribution in [2.45, 2.75) is 6.92 Å². The second kappa shape index (κ2) is 5.85. The maximum absolute atomic E-state index is 11.9. The van der Waals surface area contributed by atoms with Crippen LogP contribution in [0.15, 0.2) is 0 Å². The molecule has 1 N–H and O–H groups in total. The fourth-order valence-corrected chi connectivity index (χ4v) is 2.84. The summed E-state index contributed by atoms with van der Waals surface area (Å²) in [7, 11) is -0.586. The van der Waals surface area contributed by atoms with Gasteiger partial charge in [0.2, 0.25) is 5.91 Å². The molecule has 0 aromatic rings. The van der Waals surface area contributed by atoms with Gasteiger partial charge in [0.1, 0.15) is 5.92 Å². The zero-order valence-electron chi connectivity index (χ0n) is 11.2. The maximum Gasteiger partial charge on any atom is 0.315 e. The molecule has 1 heterocycles. The Morgan fingerprint density at radius 2 is 1.63 bits per heavy atom. The molecule has 0 saturated carbocycles. The lowest BCUT2D eigenvalue weighted by Gasteiger charge is -2.35. The van der Waals surface area contributed by atoms with E-state index in [1.807, 2.05) is 0 Å². The normalized spacial score (nSPS) is 19.5. The number of carbonyl (C=O) groups excluding carboxylic acids is 1. The number of hydrogen-bond acceptors (Lipinski definition) is 4. The highest BCUT2D eigenvalue weighted by Crippen LogP contribution is 2.12. The average Bonchev–Trinajstić information content (AvgIpc) is 2.36. The Morgan fingerprint density at radius 1 is 1.16 bits per heavy atom. The lowest BCUT2D eigenvalue weighted by molar-refractivity contribution is -0.150. The summed E-state index contributed by atoms with van der Waals surface area (Å²) in [5.41, 5.74) is 0. The maximum atomic E-state index is 11.9. The third kappa shape index (κ3) is 3.43. The molecule has 9 heteroatoms. The number of piperazine rings is 1. The number of carboxylic acids is 1. The van der Waals surface area contributed by atoms with E-state index in [0.29, 0.717) is 0 Å². The first kappa shape index (κ1) is 15.9. The van der Waals surface area contributed by atoms with E-state index in [-0.39, 0.29) is 26.2 Å². The lowest BCUT2D eigenvalue weighted by Crippen LogP contribution is -2.54. The Labute approximate surface area is 112 Å². The summed E-state index contributed by atoms with van der Waals surface area (Å²) in [6.07, 6.45) is 0. The molecule has 1 atom stereocenters. The highest BCUT2D eigenvalue weighted by atomic mass is 32.2. The van der Waals surface area contributed by atoms with Crippen molar-refractivity contribution < 1.29 is 23.1 Å². The Bertz CT molecular complexity index is 454. The number of carboxylic acid groups (broad SMARTS) is 1. The van der Waals surface area contributed by atoms with Crippen molar-refractivity contribution in [2.24, 2.45) is 5.92 Å². The van der Waals surface area contributed by atoms with Gasteiger partial charge in [0, 0.05) is 40.3 Å². The standard InChI is InChI=1S/C10H19N3O5S/c1-8(10(15)16)9(14)12-4-6-13(7-5-12)19(17,18)11(2)3/h8H,4-7H2,1-3H3,(H,15,16). The molecule has 1 amide bonds. The van der Waals surface area contributed by atoms with Crippen molar-refractivity contribution in [3.63, 3.8) is 0 Å². The van der Waals surface area contributed by atoms with Gasteiger partial charge in [-0.3, -0.25) is 9.59 Å². The van der Waals surface area contributed by atoms with E-state index in [1.54, 1.807) is 0 Å². The van der Waals surface area contributed by atoms with Gasteiger partial charge in [-0.2, -0.15) is 17.0 Å². The molecule has 1 rings (SSSR count).